The molecule has 6 rings (SSSR count). The molecule has 5 aromatic rings. The maximum Gasteiger partial charge on any atom is 0.326 e. The predicted octanol–water partition coefficient (Wildman–Crippen LogP) is 5.49. The number of rotatable bonds is 4. The lowest BCUT2D eigenvalue weighted by Gasteiger charge is -2.24. The molecule has 1 N–H and O–H groups in total. The van der Waals surface area contributed by atoms with E-state index >= 15 is 0 Å². The molecule has 1 amide bonds. The van der Waals surface area contributed by atoms with E-state index < -0.39 is 6.04 Å². The van der Waals surface area contributed by atoms with E-state index in [2.05, 4.69) is 35.3 Å². The summed E-state index contributed by atoms with van der Waals surface area (Å²) in [6.07, 6.45) is 0.469. The molecule has 37 heavy (non-hydrogen) atoms. The van der Waals surface area contributed by atoms with Gasteiger partial charge in [0.05, 0.1) is 22.4 Å². The number of carbonyl (C=O) groups is 1. The minimum absolute atomic E-state index is 0.0515. The first-order chi connectivity index (χ1) is 17.9. The molecule has 4 aromatic carbocycles. The third-order valence-electron chi connectivity index (χ3n) is 7.08. The van der Waals surface area contributed by atoms with Crippen LogP contribution in [-0.2, 0) is 18.3 Å². The number of amides is 1. The zero-order valence-electron chi connectivity index (χ0n) is 20.5. The summed E-state index contributed by atoms with van der Waals surface area (Å²) in [7, 11) is 1.73. The average molecular weight is 509 g/mol. The van der Waals surface area contributed by atoms with Crippen molar-refractivity contribution >= 4 is 50.7 Å². The van der Waals surface area contributed by atoms with Crippen LogP contribution in [0.15, 0.2) is 88.6 Å². The van der Waals surface area contributed by atoms with Crippen LogP contribution in [-0.4, -0.2) is 33.8 Å². The maximum atomic E-state index is 13.9. The van der Waals surface area contributed by atoms with Gasteiger partial charge in [0.15, 0.2) is 0 Å². The van der Waals surface area contributed by atoms with Crippen LogP contribution in [0.1, 0.15) is 23.6 Å². The smallest absolute Gasteiger partial charge is 0.310 e. The van der Waals surface area contributed by atoms with Crippen LogP contribution in [0, 0.1) is 0 Å². The van der Waals surface area contributed by atoms with Crippen molar-refractivity contribution in [1.29, 1.82) is 0 Å². The Morgan fingerprint density at radius 2 is 1.76 bits per heavy atom. The van der Waals surface area contributed by atoms with Crippen molar-refractivity contribution in [3.63, 3.8) is 0 Å². The summed E-state index contributed by atoms with van der Waals surface area (Å²) in [5.41, 5.74) is 5.45. The molecule has 0 aliphatic carbocycles. The predicted molar refractivity (Wildman–Crippen MR) is 150 cm³/mol. The molecule has 1 atom stereocenters. The van der Waals surface area contributed by atoms with Crippen molar-refractivity contribution in [2.75, 3.05) is 11.4 Å². The average Bonchev–Trinajstić information content (AvgIpc) is 3.13. The third-order valence-corrected chi connectivity index (χ3v) is 7.31. The van der Waals surface area contributed by atoms with Crippen molar-refractivity contribution in [1.82, 2.24) is 9.55 Å². The standard InChI is InChI=1S/C30H25ClN4O2/c1-3-35-26-13-11-22(31)17-23(26)28(21-10-12-24-27(16-21)34(2)30(37)33-24)32-25(29(35)36)15-18-8-9-19-6-4-5-7-20(19)14-18/h4-14,16-17,25H,3,15H2,1-2H3,(H,33,37). The molecule has 6 nitrogen and oxygen atoms in total. The number of aliphatic imine (C=N–C) groups is 1. The van der Waals surface area contributed by atoms with E-state index in [1.54, 1.807) is 22.6 Å². The number of H-pyrrole nitrogens is 1. The quantitative estimate of drug-likeness (QED) is 0.349. The Morgan fingerprint density at radius 1 is 0.946 bits per heavy atom. The van der Waals surface area contributed by atoms with Gasteiger partial charge < -0.3 is 9.88 Å². The van der Waals surface area contributed by atoms with Gasteiger partial charge in [-0.1, -0.05) is 60.1 Å². The van der Waals surface area contributed by atoms with E-state index in [4.69, 9.17) is 16.6 Å². The summed E-state index contributed by atoms with van der Waals surface area (Å²) in [6.45, 7) is 2.48. The SMILES string of the molecule is CCN1C(=O)C(Cc2ccc3ccccc3c2)N=C(c2ccc3[nH]c(=O)n(C)c3c2)c2cc(Cl)ccc21. The fourth-order valence-electron chi connectivity index (χ4n) is 5.16. The minimum Gasteiger partial charge on any atom is -0.310 e. The second-order valence-electron chi connectivity index (χ2n) is 9.34. The number of aryl methyl sites for hydroxylation is 1. The van der Waals surface area contributed by atoms with Gasteiger partial charge in [-0.25, -0.2) is 4.79 Å². The fraction of sp³-hybridized carbons (Fsp3) is 0.167. The summed E-state index contributed by atoms with van der Waals surface area (Å²) in [6, 6.07) is 25.2. The highest BCUT2D eigenvalue weighted by Gasteiger charge is 2.31. The summed E-state index contributed by atoms with van der Waals surface area (Å²) in [5.74, 6) is -0.0515. The Labute approximate surface area is 218 Å². The van der Waals surface area contributed by atoms with Crippen molar-refractivity contribution in [3.05, 3.63) is 111 Å². The van der Waals surface area contributed by atoms with Gasteiger partial charge in [-0.2, -0.15) is 0 Å². The lowest BCUT2D eigenvalue weighted by atomic mass is 9.99. The van der Waals surface area contributed by atoms with Gasteiger partial charge in [0, 0.05) is 36.2 Å². The third kappa shape index (κ3) is 4.03. The van der Waals surface area contributed by atoms with E-state index in [1.807, 2.05) is 49.4 Å². The molecule has 0 fully saturated rings. The Bertz CT molecular complexity index is 1780. The van der Waals surface area contributed by atoms with Gasteiger partial charge in [-0.3, -0.25) is 14.4 Å². The molecule has 0 saturated heterocycles. The molecule has 1 unspecified atom stereocenters. The zero-order valence-corrected chi connectivity index (χ0v) is 21.3. The minimum atomic E-state index is -0.618. The summed E-state index contributed by atoms with van der Waals surface area (Å²) in [5, 5.41) is 2.86. The van der Waals surface area contributed by atoms with Gasteiger partial charge >= 0.3 is 5.69 Å². The first kappa shape index (κ1) is 23.3. The Kier molecular flexibility index (Phi) is 5.69. The fourth-order valence-corrected chi connectivity index (χ4v) is 5.33. The van der Waals surface area contributed by atoms with Gasteiger partial charge in [-0.05, 0) is 53.6 Å². The van der Waals surface area contributed by atoms with E-state index in [0.29, 0.717) is 23.7 Å². The van der Waals surface area contributed by atoms with Gasteiger partial charge in [0.2, 0.25) is 0 Å². The van der Waals surface area contributed by atoms with Gasteiger partial charge in [-0.15, -0.1) is 0 Å². The monoisotopic (exact) mass is 508 g/mol. The van der Waals surface area contributed by atoms with E-state index in [9.17, 15) is 9.59 Å². The van der Waals surface area contributed by atoms with Crippen LogP contribution < -0.4 is 10.6 Å². The van der Waals surface area contributed by atoms with Crippen molar-refractivity contribution in [2.45, 2.75) is 19.4 Å². The second kappa shape index (κ2) is 9.05. The number of imidazole rings is 1. The van der Waals surface area contributed by atoms with Crippen LogP contribution in [0.4, 0.5) is 5.69 Å². The summed E-state index contributed by atoms with van der Waals surface area (Å²) in [4.78, 5) is 35.8. The van der Waals surface area contributed by atoms with Gasteiger partial charge in [0.25, 0.3) is 5.91 Å². The molecule has 1 aliphatic rings. The molecule has 1 aliphatic heterocycles. The number of hydrogen-bond acceptors (Lipinski definition) is 3. The van der Waals surface area contributed by atoms with Crippen LogP contribution >= 0.6 is 11.6 Å². The molecule has 0 radical (unpaired) electrons. The number of anilines is 1. The number of aromatic amines is 1. The molecule has 0 saturated carbocycles. The number of aromatic nitrogens is 2. The number of hydrogen-bond donors (Lipinski definition) is 1. The van der Waals surface area contributed by atoms with Crippen LogP contribution in [0.3, 0.4) is 0 Å². The molecule has 2 heterocycles. The zero-order chi connectivity index (χ0) is 25.7. The molecule has 7 heteroatoms. The van der Waals surface area contributed by atoms with Crippen LogP contribution in [0.25, 0.3) is 21.8 Å². The van der Waals surface area contributed by atoms with E-state index in [-0.39, 0.29) is 11.6 Å². The topological polar surface area (TPSA) is 70.5 Å². The lowest BCUT2D eigenvalue weighted by molar-refractivity contribution is -0.119. The molecule has 184 valence electrons. The summed E-state index contributed by atoms with van der Waals surface area (Å²) >= 11 is 6.45. The van der Waals surface area contributed by atoms with E-state index in [0.717, 1.165) is 44.2 Å². The van der Waals surface area contributed by atoms with Gasteiger partial charge in [0.1, 0.15) is 6.04 Å². The van der Waals surface area contributed by atoms with E-state index in [1.165, 1.54) is 0 Å². The molecule has 0 bridgehead atoms. The summed E-state index contributed by atoms with van der Waals surface area (Å²) < 4.78 is 1.57. The maximum absolute atomic E-state index is 13.9. The number of nitrogens with zero attached hydrogens (tertiary/aromatic N) is 3. The molecular weight excluding hydrogens is 484 g/mol. The largest absolute Gasteiger partial charge is 0.326 e. The normalized spacial score (nSPS) is 15.6. The highest BCUT2D eigenvalue weighted by atomic mass is 35.5. The molecule has 0 spiro atoms. The molecular formula is C30H25ClN4O2. The number of fused-ring (bicyclic) bond motifs is 3. The second-order valence-corrected chi connectivity index (χ2v) is 9.78. The Morgan fingerprint density at radius 3 is 2.57 bits per heavy atom. The number of halogens is 1. The Balaban J connectivity index is 1.53. The van der Waals surface area contributed by atoms with Crippen molar-refractivity contribution in [2.24, 2.45) is 12.0 Å². The van der Waals surface area contributed by atoms with Crippen molar-refractivity contribution in [3.8, 4) is 0 Å². The first-order valence-electron chi connectivity index (χ1n) is 12.3. The highest BCUT2D eigenvalue weighted by Crippen LogP contribution is 2.32. The number of benzene rings is 4. The number of likely N-dealkylation sites (N-methyl/N-ethyl adjacent to an activating group) is 1. The van der Waals surface area contributed by atoms with Crippen molar-refractivity contribution < 1.29 is 4.79 Å². The molecule has 1 aromatic heterocycles. The van der Waals surface area contributed by atoms with Crippen LogP contribution in [0.5, 0.6) is 0 Å². The lowest BCUT2D eigenvalue weighted by Crippen LogP contribution is -2.38. The first-order valence-corrected chi connectivity index (χ1v) is 12.7. The number of carbonyl (C=O) groups excluding carboxylic acids is 1. The Hall–Kier alpha value is -4.16. The van der Waals surface area contributed by atoms with Crippen LogP contribution in [0.2, 0.25) is 5.02 Å². The highest BCUT2D eigenvalue weighted by molar-refractivity contribution is 6.32. The number of benzodiazepines with no additional fused rings is 1. The number of nitrogens with one attached hydrogen (secondary N) is 1.